The fraction of sp³-hybridized carbons (Fsp3) is 0.333. The van der Waals surface area contributed by atoms with Crippen molar-refractivity contribution < 1.29 is 13.2 Å². The molecule has 0 spiro atoms. The lowest BCUT2D eigenvalue weighted by Crippen LogP contribution is -2.49. The lowest BCUT2D eigenvalue weighted by molar-refractivity contribution is 0.327. The second-order valence-electron chi connectivity index (χ2n) is 7.14. The van der Waals surface area contributed by atoms with Crippen LogP contribution in [0.3, 0.4) is 0 Å². The van der Waals surface area contributed by atoms with Gasteiger partial charge in [-0.1, -0.05) is 15.9 Å². The molecule has 2 aromatic heterocycles. The summed E-state index contributed by atoms with van der Waals surface area (Å²) in [5, 5.41) is 0. The molecule has 0 aliphatic carbocycles. The van der Waals surface area contributed by atoms with Gasteiger partial charge in [0.15, 0.2) is 0 Å². The van der Waals surface area contributed by atoms with Gasteiger partial charge in [0.05, 0.1) is 6.61 Å². The highest BCUT2D eigenvalue weighted by Gasteiger charge is 2.31. The highest BCUT2D eigenvalue weighted by molar-refractivity contribution is 9.10. The van der Waals surface area contributed by atoms with Gasteiger partial charge in [-0.3, -0.25) is 0 Å². The minimum atomic E-state index is -3.68. The Morgan fingerprint density at radius 2 is 1.71 bits per heavy atom. The molecule has 0 radical (unpaired) electrons. The number of anilines is 1. The number of hydrogen-bond acceptors (Lipinski definition) is 6. The third-order valence-electron chi connectivity index (χ3n) is 5.07. The van der Waals surface area contributed by atoms with Crippen molar-refractivity contribution in [1.29, 1.82) is 0 Å². The van der Waals surface area contributed by atoms with Crippen LogP contribution in [0.1, 0.15) is 12.7 Å². The second kappa shape index (κ2) is 8.97. The number of benzene rings is 1. The van der Waals surface area contributed by atoms with Crippen LogP contribution in [0.25, 0.3) is 5.82 Å². The molecule has 1 aliphatic rings. The number of aryl methyl sites for hydroxylation is 1. The summed E-state index contributed by atoms with van der Waals surface area (Å²) in [5.74, 6) is 2.63. The summed E-state index contributed by atoms with van der Waals surface area (Å²) < 4.78 is 36.3. The Hall–Kier alpha value is -2.43. The van der Waals surface area contributed by atoms with Crippen molar-refractivity contribution in [2.45, 2.75) is 18.7 Å². The van der Waals surface area contributed by atoms with Crippen LogP contribution in [0, 0.1) is 6.92 Å². The fourth-order valence-corrected chi connectivity index (χ4v) is 5.66. The summed E-state index contributed by atoms with van der Waals surface area (Å²) in [4.78, 5) is 11.4. The van der Waals surface area contributed by atoms with E-state index < -0.39 is 10.0 Å². The second-order valence-corrected chi connectivity index (χ2v) is 9.96. The van der Waals surface area contributed by atoms with E-state index in [2.05, 4.69) is 30.8 Å². The van der Waals surface area contributed by atoms with E-state index in [1.54, 1.807) is 18.2 Å². The van der Waals surface area contributed by atoms with Crippen molar-refractivity contribution in [2.24, 2.45) is 0 Å². The van der Waals surface area contributed by atoms with Gasteiger partial charge in [0.25, 0.3) is 0 Å². The largest absolute Gasteiger partial charge is 0.492 e. The van der Waals surface area contributed by atoms with Crippen LogP contribution in [0.5, 0.6) is 5.75 Å². The van der Waals surface area contributed by atoms with Crippen molar-refractivity contribution in [3.63, 3.8) is 0 Å². The Balaban J connectivity index is 1.54. The smallest absolute Gasteiger partial charge is 0.246 e. The quantitative estimate of drug-likeness (QED) is 0.511. The molecule has 0 saturated carbocycles. The average Bonchev–Trinajstić information content (AvgIpc) is 3.30. The number of rotatable bonds is 6. The molecule has 0 N–H and O–H groups in total. The Kier molecular flexibility index (Phi) is 6.31. The van der Waals surface area contributed by atoms with Crippen LogP contribution in [0.15, 0.2) is 58.2 Å². The van der Waals surface area contributed by atoms with Crippen LogP contribution in [0.2, 0.25) is 0 Å². The zero-order valence-corrected chi connectivity index (χ0v) is 19.8. The highest BCUT2D eigenvalue weighted by Crippen LogP contribution is 2.31. The molecule has 0 bridgehead atoms. The topological polar surface area (TPSA) is 80.6 Å². The summed E-state index contributed by atoms with van der Waals surface area (Å²) in [6.07, 6.45) is 3.87. The number of piperazine rings is 1. The van der Waals surface area contributed by atoms with Crippen LogP contribution in [0.4, 0.5) is 5.82 Å². The minimum Gasteiger partial charge on any atom is -0.492 e. The van der Waals surface area contributed by atoms with Gasteiger partial charge in [0.2, 0.25) is 10.0 Å². The molecule has 4 rings (SSSR count). The summed E-state index contributed by atoms with van der Waals surface area (Å²) in [7, 11) is -3.68. The number of sulfonamides is 1. The van der Waals surface area contributed by atoms with Crippen LogP contribution >= 0.6 is 15.9 Å². The van der Waals surface area contributed by atoms with E-state index in [1.165, 1.54) is 4.31 Å². The maximum atomic E-state index is 13.3. The van der Waals surface area contributed by atoms with Crippen molar-refractivity contribution in [2.75, 3.05) is 37.7 Å². The average molecular weight is 506 g/mol. The predicted octanol–water partition coefficient (Wildman–Crippen LogP) is 3.25. The van der Waals surface area contributed by atoms with E-state index in [1.807, 2.05) is 49.0 Å². The number of nitrogens with zero attached hydrogens (tertiary/aromatic N) is 5. The number of ether oxygens (including phenoxy) is 1. The summed E-state index contributed by atoms with van der Waals surface area (Å²) >= 11 is 3.37. The first-order chi connectivity index (χ1) is 14.9. The van der Waals surface area contributed by atoms with E-state index in [-0.39, 0.29) is 4.90 Å². The van der Waals surface area contributed by atoms with Gasteiger partial charge >= 0.3 is 0 Å². The van der Waals surface area contributed by atoms with Crippen molar-refractivity contribution in [3.8, 4) is 11.6 Å². The first kappa shape index (κ1) is 21.8. The third-order valence-corrected chi connectivity index (χ3v) is 7.48. The molecule has 1 fully saturated rings. The van der Waals surface area contributed by atoms with Crippen LogP contribution in [-0.2, 0) is 10.0 Å². The normalized spacial score (nSPS) is 15.3. The van der Waals surface area contributed by atoms with Crippen molar-refractivity contribution >= 4 is 31.8 Å². The molecule has 1 aromatic carbocycles. The minimum absolute atomic E-state index is 0.185. The third kappa shape index (κ3) is 4.60. The Morgan fingerprint density at radius 1 is 1.03 bits per heavy atom. The van der Waals surface area contributed by atoms with E-state index >= 15 is 0 Å². The lowest BCUT2D eigenvalue weighted by Gasteiger charge is -2.35. The molecule has 1 saturated heterocycles. The van der Waals surface area contributed by atoms with Gasteiger partial charge in [-0.25, -0.2) is 18.4 Å². The number of halogens is 1. The summed E-state index contributed by atoms with van der Waals surface area (Å²) in [6, 6.07) is 10.9. The molecule has 1 aliphatic heterocycles. The molecular formula is C21H24BrN5O3S. The van der Waals surface area contributed by atoms with E-state index in [0.29, 0.717) is 48.8 Å². The molecule has 31 heavy (non-hydrogen) atoms. The first-order valence-electron chi connectivity index (χ1n) is 10.0. The first-order valence-corrected chi connectivity index (χ1v) is 12.3. The van der Waals surface area contributed by atoms with E-state index in [4.69, 9.17) is 4.74 Å². The number of aromatic nitrogens is 3. The molecule has 10 heteroatoms. The van der Waals surface area contributed by atoms with Gasteiger partial charge in [0.1, 0.15) is 28.1 Å². The Bertz CT molecular complexity index is 1160. The summed E-state index contributed by atoms with van der Waals surface area (Å²) in [5.41, 5.74) is 0. The highest BCUT2D eigenvalue weighted by atomic mass is 79.9. The molecule has 0 amide bonds. The van der Waals surface area contributed by atoms with Crippen molar-refractivity contribution in [1.82, 2.24) is 18.8 Å². The Labute approximate surface area is 190 Å². The van der Waals surface area contributed by atoms with Crippen molar-refractivity contribution in [3.05, 3.63) is 59.1 Å². The van der Waals surface area contributed by atoms with Crippen LogP contribution < -0.4 is 9.64 Å². The van der Waals surface area contributed by atoms with Gasteiger partial charge in [-0.2, -0.15) is 4.31 Å². The molecule has 0 unspecified atom stereocenters. The van der Waals surface area contributed by atoms with Gasteiger partial charge in [-0.15, -0.1) is 0 Å². The van der Waals surface area contributed by atoms with Gasteiger partial charge in [-0.05, 0) is 44.2 Å². The molecule has 3 heterocycles. The molecule has 0 atom stereocenters. The zero-order chi connectivity index (χ0) is 22.0. The maximum Gasteiger partial charge on any atom is 0.246 e. The summed E-state index contributed by atoms with van der Waals surface area (Å²) in [6.45, 7) is 5.90. The monoisotopic (exact) mass is 505 g/mol. The zero-order valence-electron chi connectivity index (χ0n) is 17.4. The number of hydrogen-bond donors (Lipinski definition) is 0. The van der Waals surface area contributed by atoms with E-state index in [0.717, 1.165) is 11.6 Å². The molecular weight excluding hydrogens is 482 g/mol. The standard InChI is InChI=1S/C21H24BrN5O3S/c1-3-30-18-7-6-17(22)14-19(18)31(28,29)27-12-10-26(11-13-27)21-15-20(23-16(2)24-21)25-8-4-5-9-25/h4-9,14-15H,3,10-13H2,1-2H3. The molecule has 3 aromatic rings. The van der Waals surface area contributed by atoms with Gasteiger partial charge in [0, 0.05) is 49.1 Å². The predicted molar refractivity (Wildman–Crippen MR) is 122 cm³/mol. The lowest BCUT2D eigenvalue weighted by atomic mass is 10.3. The van der Waals surface area contributed by atoms with Crippen LogP contribution in [-0.4, -0.2) is 60.0 Å². The maximum absolute atomic E-state index is 13.3. The SMILES string of the molecule is CCOc1ccc(Br)cc1S(=O)(=O)N1CCN(c2cc(-n3cccc3)nc(C)n2)CC1. The van der Waals surface area contributed by atoms with E-state index in [9.17, 15) is 8.42 Å². The fourth-order valence-electron chi connectivity index (χ4n) is 3.57. The van der Waals surface area contributed by atoms with Gasteiger partial charge < -0.3 is 14.2 Å². The Morgan fingerprint density at radius 3 is 2.39 bits per heavy atom. The molecule has 8 nitrogen and oxygen atoms in total. The molecule has 164 valence electrons.